The summed E-state index contributed by atoms with van der Waals surface area (Å²) >= 11 is 7.14. The van der Waals surface area contributed by atoms with E-state index in [1.54, 1.807) is 18.2 Å². The number of nitrogens with one attached hydrogen (secondary N) is 1. The van der Waals surface area contributed by atoms with Crippen LogP contribution in [0.5, 0.6) is 5.75 Å². The zero-order valence-corrected chi connectivity index (χ0v) is 16.0. The van der Waals surface area contributed by atoms with E-state index >= 15 is 0 Å². The fraction of sp³-hybridized carbons (Fsp3) is 0.263. The summed E-state index contributed by atoms with van der Waals surface area (Å²) in [5.41, 5.74) is 2.97. The molecule has 1 aliphatic heterocycles. The minimum Gasteiger partial charge on any atom is -0.506 e. The van der Waals surface area contributed by atoms with Gasteiger partial charge in [-0.25, -0.2) is 4.98 Å². The van der Waals surface area contributed by atoms with E-state index in [-0.39, 0.29) is 11.7 Å². The Labute approximate surface area is 165 Å². The average Bonchev–Trinajstić information content (AvgIpc) is 3.13. The predicted molar refractivity (Wildman–Crippen MR) is 108 cm³/mol. The van der Waals surface area contributed by atoms with Crippen molar-refractivity contribution >= 4 is 49.9 Å². The van der Waals surface area contributed by atoms with Crippen LogP contribution in [0.15, 0.2) is 36.4 Å². The summed E-state index contributed by atoms with van der Waals surface area (Å²) in [6, 6.07) is 10.6. The molecule has 27 heavy (non-hydrogen) atoms. The summed E-state index contributed by atoms with van der Waals surface area (Å²) < 4.78 is 6.26. The number of aromatic nitrogens is 1. The molecule has 4 rings (SSSR count). The minimum atomic E-state index is -0.248. The summed E-state index contributed by atoms with van der Waals surface area (Å²) in [6.45, 7) is 2.91. The Morgan fingerprint density at radius 1 is 1.22 bits per heavy atom. The number of thiazole rings is 1. The lowest BCUT2D eigenvalue weighted by atomic mass is 10.1. The molecule has 0 atom stereocenters. The van der Waals surface area contributed by atoms with Crippen molar-refractivity contribution < 1.29 is 14.6 Å². The Bertz CT molecular complexity index is 968. The fourth-order valence-electron chi connectivity index (χ4n) is 3.00. The summed E-state index contributed by atoms with van der Waals surface area (Å²) in [7, 11) is 0. The van der Waals surface area contributed by atoms with E-state index in [0.29, 0.717) is 35.3 Å². The highest BCUT2D eigenvalue weighted by Crippen LogP contribution is 2.39. The molecular formula is C19H18ClN3O3S. The number of ether oxygens (including phenoxy) is 1. The van der Waals surface area contributed by atoms with E-state index in [2.05, 4.69) is 15.2 Å². The zero-order valence-electron chi connectivity index (χ0n) is 14.4. The molecule has 0 bridgehead atoms. The highest BCUT2D eigenvalue weighted by atomic mass is 35.5. The van der Waals surface area contributed by atoms with Gasteiger partial charge in [0.2, 0.25) is 0 Å². The van der Waals surface area contributed by atoms with Crippen LogP contribution in [-0.4, -0.2) is 42.3 Å². The van der Waals surface area contributed by atoms with E-state index in [9.17, 15) is 9.90 Å². The second kappa shape index (κ2) is 7.72. The van der Waals surface area contributed by atoms with Crippen LogP contribution in [0.2, 0.25) is 0 Å². The van der Waals surface area contributed by atoms with Gasteiger partial charge in [-0.05, 0) is 29.8 Å². The first-order chi connectivity index (χ1) is 13.2. The summed E-state index contributed by atoms with van der Waals surface area (Å²) in [4.78, 5) is 19.1. The molecule has 2 heterocycles. The molecule has 140 valence electrons. The van der Waals surface area contributed by atoms with Gasteiger partial charge in [0.05, 0.1) is 23.6 Å². The third kappa shape index (κ3) is 3.71. The second-order valence-electron chi connectivity index (χ2n) is 6.18. The van der Waals surface area contributed by atoms with Crippen molar-refractivity contribution in [3.8, 4) is 5.75 Å². The number of morpholine rings is 1. The molecule has 1 aromatic heterocycles. The molecule has 1 saturated heterocycles. The monoisotopic (exact) mass is 403 g/mol. The predicted octanol–water partition coefficient (Wildman–Crippen LogP) is 3.83. The van der Waals surface area contributed by atoms with Gasteiger partial charge in [0, 0.05) is 24.5 Å². The Morgan fingerprint density at radius 3 is 2.67 bits per heavy atom. The normalized spacial score (nSPS) is 14.5. The molecule has 0 radical (unpaired) electrons. The number of rotatable bonds is 4. The number of anilines is 2. The van der Waals surface area contributed by atoms with Gasteiger partial charge in [-0.15, -0.1) is 11.6 Å². The van der Waals surface area contributed by atoms with Crippen molar-refractivity contribution in [3.05, 3.63) is 47.5 Å². The van der Waals surface area contributed by atoms with E-state index in [0.717, 1.165) is 29.0 Å². The standard InChI is InChI=1S/C19H18ClN3O3S/c20-11-12-1-3-13(4-2-12)18(25)22-19-21-16-15(24)6-5-14(17(16)27-19)23-7-9-26-10-8-23/h1-6,24H,7-11H2,(H,21,22,25). The molecule has 8 heteroatoms. The van der Waals surface area contributed by atoms with Crippen LogP contribution < -0.4 is 10.2 Å². The van der Waals surface area contributed by atoms with Crippen LogP contribution in [0.3, 0.4) is 0 Å². The molecule has 0 saturated carbocycles. The number of carbonyl (C=O) groups is 1. The number of phenols is 1. The number of hydrogen-bond donors (Lipinski definition) is 2. The lowest BCUT2D eigenvalue weighted by molar-refractivity contribution is 0.102. The van der Waals surface area contributed by atoms with Gasteiger partial charge < -0.3 is 14.7 Å². The zero-order chi connectivity index (χ0) is 18.8. The van der Waals surface area contributed by atoms with E-state index in [1.807, 2.05) is 18.2 Å². The molecule has 1 aliphatic rings. The summed E-state index contributed by atoms with van der Waals surface area (Å²) in [5.74, 6) is 0.261. The van der Waals surface area contributed by atoms with Crippen molar-refractivity contribution in [1.82, 2.24) is 4.98 Å². The van der Waals surface area contributed by atoms with Crippen molar-refractivity contribution in [2.75, 3.05) is 36.5 Å². The Hall–Kier alpha value is -2.35. The number of carbonyl (C=O) groups excluding carboxylic acids is 1. The van der Waals surface area contributed by atoms with E-state index in [4.69, 9.17) is 16.3 Å². The van der Waals surface area contributed by atoms with Gasteiger partial charge in [-0.1, -0.05) is 23.5 Å². The number of alkyl halides is 1. The lowest BCUT2D eigenvalue weighted by Crippen LogP contribution is -2.36. The van der Waals surface area contributed by atoms with Gasteiger partial charge >= 0.3 is 0 Å². The molecule has 1 amide bonds. The minimum absolute atomic E-state index is 0.102. The first-order valence-electron chi connectivity index (χ1n) is 8.57. The first kappa shape index (κ1) is 18.0. The summed E-state index contributed by atoms with van der Waals surface area (Å²) in [6.07, 6.45) is 0. The number of fused-ring (bicyclic) bond motifs is 1. The number of aromatic hydroxyl groups is 1. The number of benzene rings is 2. The molecule has 3 aromatic rings. The lowest BCUT2D eigenvalue weighted by Gasteiger charge is -2.29. The number of hydrogen-bond acceptors (Lipinski definition) is 6. The van der Waals surface area contributed by atoms with Crippen LogP contribution in [-0.2, 0) is 10.6 Å². The maximum absolute atomic E-state index is 12.5. The smallest absolute Gasteiger partial charge is 0.257 e. The molecule has 0 unspecified atom stereocenters. The van der Waals surface area contributed by atoms with E-state index in [1.165, 1.54) is 11.3 Å². The molecule has 2 aromatic carbocycles. The van der Waals surface area contributed by atoms with Crippen LogP contribution >= 0.6 is 22.9 Å². The molecule has 2 N–H and O–H groups in total. The Balaban J connectivity index is 1.62. The largest absolute Gasteiger partial charge is 0.506 e. The molecule has 6 nitrogen and oxygen atoms in total. The third-order valence-electron chi connectivity index (χ3n) is 4.44. The number of halogens is 1. The van der Waals surface area contributed by atoms with Crippen molar-refractivity contribution in [2.45, 2.75) is 5.88 Å². The highest BCUT2D eigenvalue weighted by Gasteiger charge is 2.19. The van der Waals surface area contributed by atoms with Gasteiger partial charge in [0.15, 0.2) is 5.13 Å². The number of phenolic OH excluding ortho intramolecular Hbond substituents is 1. The van der Waals surface area contributed by atoms with Crippen molar-refractivity contribution in [2.24, 2.45) is 0 Å². The van der Waals surface area contributed by atoms with Crippen molar-refractivity contribution in [3.63, 3.8) is 0 Å². The van der Waals surface area contributed by atoms with Crippen LogP contribution in [0, 0.1) is 0 Å². The number of nitrogens with zero attached hydrogens (tertiary/aromatic N) is 2. The maximum Gasteiger partial charge on any atom is 0.257 e. The molecular weight excluding hydrogens is 386 g/mol. The fourth-order valence-corrected chi connectivity index (χ4v) is 4.20. The molecule has 0 aliphatic carbocycles. The van der Waals surface area contributed by atoms with Crippen molar-refractivity contribution in [1.29, 1.82) is 0 Å². The Kier molecular flexibility index (Phi) is 5.15. The van der Waals surface area contributed by atoms with Crippen LogP contribution in [0.25, 0.3) is 10.2 Å². The highest BCUT2D eigenvalue weighted by molar-refractivity contribution is 7.23. The Morgan fingerprint density at radius 2 is 1.96 bits per heavy atom. The average molecular weight is 404 g/mol. The maximum atomic E-state index is 12.5. The summed E-state index contributed by atoms with van der Waals surface area (Å²) in [5, 5.41) is 13.5. The van der Waals surface area contributed by atoms with Gasteiger partial charge in [0.1, 0.15) is 11.3 Å². The van der Waals surface area contributed by atoms with Crippen LogP contribution in [0.1, 0.15) is 15.9 Å². The third-order valence-corrected chi connectivity index (χ3v) is 5.75. The van der Waals surface area contributed by atoms with E-state index < -0.39 is 0 Å². The SMILES string of the molecule is O=C(Nc1nc2c(O)ccc(N3CCOCC3)c2s1)c1ccc(CCl)cc1. The quantitative estimate of drug-likeness (QED) is 0.647. The van der Waals surface area contributed by atoms with Gasteiger partial charge in [-0.2, -0.15) is 0 Å². The number of amides is 1. The first-order valence-corrected chi connectivity index (χ1v) is 9.92. The van der Waals surface area contributed by atoms with Gasteiger partial charge in [0.25, 0.3) is 5.91 Å². The van der Waals surface area contributed by atoms with Gasteiger partial charge in [-0.3, -0.25) is 10.1 Å². The van der Waals surface area contributed by atoms with Crippen LogP contribution in [0.4, 0.5) is 10.8 Å². The molecule has 0 spiro atoms. The topological polar surface area (TPSA) is 74.7 Å². The second-order valence-corrected chi connectivity index (χ2v) is 7.45. The molecule has 1 fully saturated rings.